The van der Waals surface area contributed by atoms with Crippen molar-refractivity contribution in [3.8, 4) is 11.8 Å². The van der Waals surface area contributed by atoms with Gasteiger partial charge in [0.15, 0.2) is 5.83 Å². The lowest BCUT2D eigenvalue weighted by molar-refractivity contribution is 0.155. The lowest BCUT2D eigenvalue weighted by atomic mass is 9.69. The van der Waals surface area contributed by atoms with Crippen molar-refractivity contribution in [2.45, 2.75) is 58.3 Å². The first-order valence-electron chi connectivity index (χ1n) is 7.74. The summed E-state index contributed by atoms with van der Waals surface area (Å²) in [6, 6.07) is 0. The second-order valence-corrected chi connectivity index (χ2v) is 6.23. The topological polar surface area (TPSA) is 0 Å². The van der Waals surface area contributed by atoms with Gasteiger partial charge in [-0.3, -0.25) is 0 Å². The van der Waals surface area contributed by atoms with Crippen molar-refractivity contribution in [1.82, 2.24) is 0 Å². The van der Waals surface area contributed by atoms with Crippen LogP contribution in [-0.4, -0.2) is 0 Å². The van der Waals surface area contributed by atoms with Gasteiger partial charge in [-0.2, -0.15) is 8.78 Å². The maximum atomic E-state index is 13.2. The van der Waals surface area contributed by atoms with E-state index in [1.807, 2.05) is 6.92 Å². The summed E-state index contributed by atoms with van der Waals surface area (Å²) >= 11 is 0. The smallest absolute Gasteiger partial charge is 0.206 e. The van der Waals surface area contributed by atoms with Crippen LogP contribution >= 0.6 is 0 Å². The molecule has 0 saturated heterocycles. The van der Waals surface area contributed by atoms with Gasteiger partial charge in [-0.15, -0.1) is 11.8 Å². The molecule has 0 amide bonds. The summed E-state index contributed by atoms with van der Waals surface area (Å²) in [5.74, 6) is 6.42. The van der Waals surface area contributed by atoms with E-state index in [9.17, 15) is 13.2 Å². The molecule has 0 aromatic heterocycles. The summed E-state index contributed by atoms with van der Waals surface area (Å²) < 4.78 is 37.8. The average molecular weight is 284 g/mol. The zero-order valence-electron chi connectivity index (χ0n) is 12.1. The molecule has 2 rings (SSSR count). The van der Waals surface area contributed by atoms with E-state index < -0.39 is 17.8 Å². The van der Waals surface area contributed by atoms with Crippen LogP contribution in [0.5, 0.6) is 0 Å². The van der Waals surface area contributed by atoms with Gasteiger partial charge >= 0.3 is 6.08 Å². The summed E-state index contributed by atoms with van der Waals surface area (Å²) in [6.45, 7) is 1.89. The number of rotatable bonds is 2. The maximum Gasteiger partial charge on any atom is 0.301 e. The monoisotopic (exact) mass is 284 g/mol. The first-order valence-corrected chi connectivity index (χ1v) is 7.74. The highest BCUT2D eigenvalue weighted by atomic mass is 19.3. The summed E-state index contributed by atoms with van der Waals surface area (Å²) in [5.41, 5.74) is 0. The van der Waals surface area contributed by atoms with Crippen molar-refractivity contribution in [3.63, 3.8) is 0 Å². The predicted octanol–water partition coefficient (Wildman–Crippen LogP) is 5.70. The fourth-order valence-electron chi connectivity index (χ4n) is 3.94. The van der Waals surface area contributed by atoms with Gasteiger partial charge in [0.2, 0.25) is 0 Å². The van der Waals surface area contributed by atoms with Crippen LogP contribution in [0.15, 0.2) is 11.9 Å². The third kappa shape index (κ3) is 3.81. The Kier molecular flexibility index (Phi) is 5.57. The lowest BCUT2D eigenvalue weighted by Gasteiger charge is -2.36. The minimum atomic E-state index is -2.12. The van der Waals surface area contributed by atoms with Crippen LogP contribution in [0, 0.1) is 35.5 Å². The first-order chi connectivity index (χ1) is 9.61. The highest BCUT2D eigenvalue weighted by Crippen LogP contribution is 2.43. The van der Waals surface area contributed by atoms with Crippen molar-refractivity contribution in [2.75, 3.05) is 0 Å². The van der Waals surface area contributed by atoms with E-state index in [-0.39, 0.29) is 0 Å². The van der Waals surface area contributed by atoms with E-state index in [1.165, 1.54) is 25.7 Å². The zero-order valence-corrected chi connectivity index (χ0v) is 12.1. The van der Waals surface area contributed by atoms with Crippen molar-refractivity contribution in [3.05, 3.63) is 11.9 Å². The van der Waals surface area contributed by atoms with E-state index in [2.05, 4.69) is 11.8 Å². The fraction of sp³-hybridized carbons (Fsp3) is 0.765. The van der Waals surface area contributed by atoms with E-state index in [0.717, 1.165) is 12.8 Å². The third-order valence-electron chi connectivity index (χ3n) is 5.10. The summed E-state index contributed by atoms with van der Waals surface area (Å²) in [4.78, 5) is 0. The average Bonchev–Trinajstić information content (AvgIpc) is 2.48. The molecule has 0 spiro atoms. The molecule has 0 heterocycles. The molecule has 0 N–H and O–H groups in total. The molecule has 0 nitrogen and oxygen atoms in total. The molecule has 2 saturated carbocycles. The third-order valence-corrected chi connectivity index (χ3v) is 5.10. The van der Waals surface area contributed by atoms with Gasteiger partial charge in [-0.1, -0.05) is 0 Å². The van der Waals surface area contributed by atoms with Gasteiger partial charge in [0, 0.05) is 11.8 Å². The van der Waals surface area contributed by atoms with Crippen molar-refractivity contribution < 1.29 is 13.2 Å². The Labute approximate surface area is 119 Å². The quantitative estimate of drug-likeness (QED) is 0.570. The molecule has 0 radical (unpaired) electrons. The molecule has 2 aliphatic carbocycles. The zero-order chi connectivity index (χ0) is 14.5. The maximum absolute atomic E-state index is 13.2. The van der Waals surface area contributed by atoms with Crippen LogP contribution < -0.4 is 0 Å². The standard InChI is InChI=1S/C17H23F3/c1-2-3-12-4-6-13(7-5-12)14-8-10-15(11-9-14)16(18)17(19)20/h12-15H,4-11H2,1H3. The van der Waals surface area contributed by atoms with Gasteiger partial charge in [0.1, 0.15) is 0 Å². The fourth-order valence-corrected chi connectivity index (χ4v) is 3.94. The Hall–Kier alpha value is -0.910. The van der Waals surface area contributed by atoms with Crippen LogP contribution in [0.3, 0.4) is 0 Å². The molecule has 0 bridgehead atoms. The number of allylic oxidation sites excluding steroid dienone is 1. The van der Waals surface area contributed by atoms with Gasteiger partial charge in [0.05, 0.1) is 0 Å². The van der Waals surface area contributed by atoms with Gasteiger partial charge < -0.3 is 0 Å². The minimum absolute atomic E-state index is 0.529. The molecular formula is C17H23F3. The first kappa shape index (κ1) is 15.5. The second-order valence-electron chi connectivity index (χ2n) is 6.23. The SMILES string of the molecule is CC#CC1CCC(C2CCC(C(F)=C(F)F)CC2)CC1. The summed E-state index contributed by atoms with van der Waals surface area (Å²) in [6.07, 6.45) is 5.59. The molecule has 0 atom stereocenters. The molecule has 2 aliphatic rings. The van der Waals surface area contributed by atoms with Crippen LogP contribution in [0.4, 0.5) is 13.2 Å². The van der Waals surface area contributed by atoms with Crippen LogP contribution in [-0.2, 0) is 0 Å². The Balaban J connectivity index is 1.80. The molecule has 112 valence electrons. The van der Waals surface area contributed by atoms with Crippen LogP contribution in [0.25, 0.3) is 0 Å². The normalized spacial score (nSPS) is 34.0. The van der Waals surface area contributed by atoms with Gasteiger partial charge in [-0.05, 0) is 70.1 Å². The predicted molar refractivity (Wildman–Crippen MR) is 74.7 cm³/mol. The molecule has 3 heteroatoms. The lowest BCUT2D eigenvalue weighted by Crippen LogP contribution is -2.25. The van der Waals surface area contributed by atoms with E-state index >= 15 is 0 Å². The van der Waals surface area contributed by atoms with E-state index in [1.54, 1.807) is 0 Å². The largest absolute Gasteiger partial charge is 0.301 e. The van der Waals surface area contributed by atoms with E-state index in [0.29, 0.717) is 30.6 Å². The Bertz CT molecular complexity index is 396. The van der Waals surface area contributed by atoms with Gasteiger partial charge in [-0.25, -0.2) is 4.39 Å². The molecule has 0 aromatic rings. The minimum Gasteiger partial charge on any atom is -0.206 e. The summed E-state index contributed by atoms with van der Waals surface area (Å²) in [5, 5.41) is 0. The molecule has 0 aromatic carbocycles. The highest BCUT2D eigenvalue weighted by Gasteiger charge is 2.32. The number of hydrogen-bond acceptors (Lipinski definition) is 0. The van der Waals surface area contributed by atoms with Crippen molar-refractivity contribution in [2.24, 2.45) is 23.7 Å². The van der Waals surface area contributed by atoms with Gasteiger partial charge in [0.25, 0.3) is 0 Å². The number of hydrogen-bond donors (Lipinski definition) is 0. The molecule has 20 heavy (non-hydrogen) atoms. The Morgan fingerprint density at radius 1 is 0.800 bits per heavy atom. The molecule has 0 unspecified atom stereocenters. The Morgan fingerprint density at radius 2 is 1.30 bits per heavy atom. The van der Waals surface area contributed by atoms with Crippen LogP contribution in [0.2, 0.25) is 0 Å². The number of halogens is 3. The van der Waals surface area contributed by atoms with E-state index in [4.69, 9.17) is 0 Å². The molecular weight excluding hydrogens is 261 g/mol. The van der Waals surface area contributed by atoms with Crippen LogP contribution in [0.1, 0.15) is 58.3 Å². The van der Waals surface area contributed by atoms with Crippen molar-refractivity contribution >= 4 is 0 Å². The Morgan fingerprint density at radius 3 is 1.75 bits per heavy atom. The highest BCUT2D eigenvalue weighted by molar-refractivity contribution is 5.03. The molecule has 0 aliphatic heterocycles. The molecule has 2 fully saturated rings. The second kappa shape index (κ2) is 7.20. The summed E-state index contributed by atoms with van der Waals surface area (Å²) in [7, 11) is 0. The van der Waals surface area contributed by atoms with Crippen molar-refractivity contribution in [1.29, 1.82) is 0 Å².